The highest BCUT2D eigenvalue weighted by molar-refractivity contribution is 5.62. The third kappa shape index (κ3) is 3.76. The third-order valence-electron chi connectivity index (χ3n) is 4.35. The number of anilines is 2. The zero-order valence-corrected chi connectivity index (χ0v) is 14.3. The number of ether oxygens (including phenoxy) is 2. The van der Waals surface area contributed by atoms with Crippen LogP contribution in [0.3, 0.4) is 0 Å². The van der Waals surface area contributed by atoms with Gasteiger partial charge in [0.1, 0.15) is 17.2 Å². The fourth-order valence-electron chi connectivity index (χ4n) is 3.06. The predicted molar refractivity (Wildman–Crippen MR) is 96.9 cm³/mol. The maximum absolute atomic E-state index is 11.1. The Labute approximate surface area is 146 Å². The number of nitrogens with one attached hydrogen (secondary N) is 1. The number of para-hydroxylation sites is 2. The maximum Gasteiger partial charge on any atom is 0.292 e. The van der Waals surface area contributed by atoms with E-state index >= 15 is 0 Å². The number of nitro benzene ring substituents is 1. The van der Waals surface area contributed by atoms with E-state index in [2.05, 4.69) is 10.2 Å². The molecule has 0 radical (unpaired) electrons. The molecule has 1 aliphatic heterocycles. The second kappa shape index (κ2) is 7.29. The van der Waals surface area contributed by atoms with Gasteiger partial charge in [0.05, 0.1) is 19.1 Å². The number of benzene rings is 2. The van der Waals surface area contributed by atoms with Crippen molar-refractivity contribution in [3.8, 4) is 11.5 Å². The third-order valence-corrected chi connectivity index (χ3v) is 4.35. The lowest BCUT2D eigenvalue weighted by atomic mass is 10.2. The van der Waals surface area contributed by atoms with Crippen LogP contribution in [0.4, 0.5) is 17.1 Å². The highest BCUT2D eigenvalue weighted by Gasteiger charge is 2.25. The van der Waals surface area contributed by atoms with E-state index in [1.54, 1.807) is 32.4 Å². The molecule has 0 aliphatic carbocycles. The van der Waals surface area contributed by atoms with Crippen molar-refractivity contribution in [2.45, 2.75) is 12.5 Å². The van der Waals surface area contributed by atoms with E-state index in [0.29, 0.717) is 5.69 Å². The normalized spacial score (nSPS) is 16.6. The van der Waals surface area contributed by atoms with Gasteiger partial charge in [-0.1, -0.05) is 12.1 Å². The van der Waals surface area contributed by atoms with Crippen LogP contribution in [0.25, 0.3) is 0 Å². The Morgan fingerprint density at radius 1 is 1.16 bits per heavy atom. The number of nitrogens with zero attached hydrogens (tertiary/aromatic N) is 2. The minimum atomic E-state index is -0.359. The molecule has 3 rings (SSSR count). The van der Waals surface area contributed by atoms with Gasteiger partial charge in [0.15, 0.2) is 0 Å². The standard InChI is InChI=1S/C18H21N3O4/c1-24-15-9-14(10-16(11-15)25-2)20-8-7-13(12-20)19-17-5-3-4-6-18(17)21(22)23/h3-6,9-11,13,19H,7-8,12H2,1-2H3. The van der Waals surface area contributed by atoms with Crippen molar-refractivity contribution >= 4 is 17.1 Å². The van der Waals surface area contributed by atoms with Gasteiger partial charge in [-0.2, -0.15) is 0 Å². The largest absolute Gasteiger partial charge is 0.497 e. The molecule has 1 N–H and O–H groups in total. The van der Waals surface area contributed by atoms with Gasteiger partial charge < -0.3 is 19.7 Å². The smallest absolute Gasteiger partial charge is 0.292 e. The Balaban J connectivity index is 1.73. The van der Waals surface area contributed by atoms with Crippen LogP contribution in [0.2, 0.25) is 0 Å². The molecule has 0 bridgehead atoms. The summed E-state index contributed by atoms with van der Waals surface area (Å²) < 4.78 is 10.6. The molecule has 1 fully saturated rings. The predicted octanol–water partition coefficient (Wildman–Crippen LogP) is 3.30. The van der Waals surface area contributed by atoms with Crippen LogP contribution in [-0.2, 0) is 0 Å². The van der Waals surface area contributed by atoms with Crippen LogP contribution in [0.15, 0.2) is 42.5 Å². The average Bonchev–Trinajstić information content (AvgIpc) is 3.10. The average molecular weight is 343 g/mol. The molecule has 1 aliphatic rings. The minimum absolute atomic E-state index is 0.101. The van der Waals surface area contributed by atoms with E-state index in [1.165, 1.54) is 6.07 Å². The van der Waals surface area contributed by atoms with Crippen molar-refractivity contribution in [2.75, 3.05) is 37.5 Å². The van der Waals surface area contributed by atoms with E-state index in [9.17, 15) is 10.1 Å². The zero-order valence-electron chi connectivity index (χ0n) is 14.3. The quantitative estimate of drug-likeness (QED) is 0.640. The van der Waals surface area contributed by atoms with E-state index in [1.807, 2.05) is 18.2 Å². The summed E-state index contributed by atoms with van der Waals surface area (Å²) in [4.78, 5) is 13.0. The first-order valence-corrected chi connectivity index (χ1v) is 8.08. The van der Waals surface area contributed by atoms with E-state index < -0.39 is 0 Å². The van der Waals surface area contributed by atoms with Gasteiger partial charge in [-0.15, -0.1) is 0 Å². The topological polar surface area (TPSA) is 76.9 Å². The number of methoxy groups -OCH3 is 2. The van der Waals surface area contributed by atoms with Crippen LogP contribution in [0.1, 0.15) is 6.42 Å². The molecular formula is C18H21N3O4. The molecule has 1 unspecified atom stereocenters. The Kier molecular flexibility index (Phi) is 4.92. The molecule has 2 aromatic carbocycles. The van der Waals surface area contributed by atoms with E-state index in [0.717, 1.165) is 36.7 Å². The van der Waals surface area contributed by atoms with Crippen LogP contribution in [0.5, 0.6) is 11.5 Å². The van der Waals surface area contributed by atoms with E-state index in [-0.39, 0.29) is 16.7 Å². The fourth-order valence-corrected chi connectivity index (χ4v) is 3.06. The first-order chi connectivity index (χ1) is 12.1. The van der Waals surface area contributed by atoms with Gasteiger partial charge in [-0.05, 0) is 12.5 Å². The zero-order chi connectivity index (χ0) is 17.8. The highest BCUT2D eigenvalue weighted by Crippen LogP contribution is 2.32. The lowest BCUT2D eigenvalue weighted by molar-refractivity contribution is -0.384. The summed E-state index contributed by atoms with van der Waals surface area (Å²) >= 11 is 0. The van der Waals surface area contributed by atoms with Crippen LogP contribution in [0, 0.1) is 10.1 Å². The molecule has 25 heavy (non-hydrogen) atoms. The molecule has 1 saturated heterocycles. The van der Waals surface area contributed by atoms with Crippen molar-refractivity contribution < 1.29 is 14.4 Å². The fraction of sp³-hybridized carbons (Fsp3) is 0.333. The molecule has 132 valence electrons. The Hall–Kier alpha value is -2.96. The molecule has 1 heterocycles. The first kappa shape index (κ1) is 16.9. The monoisotopic (exact) mass is 343 g/mol. The van der Waals surface area contributed by atoms with Crippen molar-refractivity contribution in [1.82, 2.24) is 0 Å². The molecular weight excluding hydrogens is 322 g/mol. The van der Waals surface area contributed by atoms with Crippen molar-refractivity contribution in [3.05, 3.63) is 52.6 Å². The Bertz CT molecular complexity index is 743. The molecule has 7 nitrogen and oxygen atoms in total. The van der Waals surface area contributed by atoms with Crippen LogP contribution < -0.4 is 19.7 Å². The number of rotatable bonds is 6. The SMILES string of the molecule is COc1cc(OC)cc(N2CCC(Nc3ccccc3[N+](=O)[O-])C2)c1. The lowest BCUT2D eigenvalue weighted by Crippen LogP contribution is -2.26. The number of hydrogen-bond acceptors (Lipinski definition) is 6. The van der Waals surface area contributed by atoms with Gasteiger partial charge >= 0.3 is 0 Å². The Morgan fingerprint density at radius 2 is 1.84 bits per heavy atom. The molecule has 1 atom stereocenters. The van der Waals surface area contributed by atoms with Gasteiger partial charge in [0.25, 0.3) is 5.69 Å². The van der Waals surface area contributed by atoms with Gasteiger partial charge in [-0.25, -0.2) is 0 Å². The van der Waals surface area contributed by atoms with Gasteiger partial charge in [0, 0.05) is 49.1 Å². The van der Waals surface area contributed by atoms with Crippen molar-refractivity contribution in [3.63, 3.8) is 0 Å². The molecule has 7 heteroatoms. The Morgan fingerprint density at radius 3 is 2.48 bits per heavy atom. The van der Waals surface area contributed by atoms with Crippen LogP contribution >= 0.6 is 0 Å². The summed E-state index contributed by atoms with van der Waals surface area (Å²) in [5, 5.41) is 14.5. The van der Waals surface area contributed by atoms with Gasteiger partial charge in [0.2, 0.25) is 0 Å². The van der Waals surface area contributed by atoms with E-state index in [4.69, 9.17) is 9.47 Å². The summed E-state index contributed by atoms with van der Waals surface area (Å²) in [7, 11) is 3.25. The van der Waals surface area contributed by atoms with Crippen molar-refractivity contribution in [1.29, 1.82) is 0 Å². The summed E-state index contributed by atoms with van der Waals surface area (Å²) in [6, 6.07) is 12.6. The molecule has 0 aromatic heterocycles. The molecule has 0 amide bonds. The molecule has 2 aromatic rings. The van der Waals surface area contributed by atoms with Crippen molar-refractivity contribution in [2.24, 2.45) is 0 Å². The second-order valence-electron chi connectivity index (χ2n) is 5.92. The lowest BCUT2D eigenvalue weighted by Gasteiger charge is -2.21. The summed E-state index contributed by atoms with van der Waals surface area (Å²) in [5.74, 6) is 1.48. The number of nitro groups is 1. The summed E-state index contributed by atoms with van der Waals surface area (Å²) in [6.45, 7) is 1.61. The van der Waals surface area contributed by atoms with Crippen LogP contribution in [-0.4, -0.2) is 38.3 Å². The second-order valence-corrected chi connectivity index (χ2v) is 5.92. The highest BCUT2D eigenvalue weighted by atomic mass is 16.6. The number of hydrogen-bond donors (Lipinski definition) is 1. The summed E-state index contributed by atoms with van der Waals surface area (Å²) in [6.07, 6.45) is 0.894. The van der Waals surface area contributed by atoms with Gasteiger partial charge in [-0.3, -0.25) is 10.1 Å². The molecule has 0 spiro atoms. The maximum atomic E-state index is 11.1. The minimum Gasteiger partial charge on any atom is -0.497 e. The first-order valence-electron chi connectivity index (χ1n) is 8.08. The molecule has 0 saturated carbocycles. The summed E-state index contributed by atoms with van der Waals surface area (Å²) in [5.41, 5.74) is 1.68.